The number of carbonyl (C=O) groups is 1. The molecule has 1 fully saturated rings. The van der Waals surface area contributed by atoms with Gasteiger partial charge >= 0.3 is 0 Å². The molecule has 1 saturated carbocycles. The molecule has 0 spiro atoms. The number of fused-ring (bicyclic) bond motifs is 1. The molecule has 0 saturated heterocycles. The van der Waals surface area contributed by atoms with E-state index in [1.807, 2.05) is 30.3 Å². The number of para-hydroxylation sites is 1. The number of allylic oxidation sites excluding steroid dienone is 1. The molecule has 2 aliphatic rings. The second-order valence-electron chi connectivity index (χ2n) is 6.03. The van der Waals surface area contributed by atoms with Crippen LogP contribution >= 0.6 is 0 Å². The molecule has 2 aliphatic carbocycles. The highest BCUT2D eigenvalue weighted by atomic mass is 16.5. The fraction of sp³-hybridized carbons (Fsp3) is 0.421. The Morgan fingerprint density at radius 3 is 2.79 bits per heavy atom. The summed E-state index contributed by atoms with van der Waals surface area (Å²) in [5.41, 5.74) is 0.578. The summed E-state index contributed by atoms with van der Waals surface area (Å²) in [6, 6.07) is 7.40. The molecule has 1 aromatic rings. The Labute approximate surface area is 141 Å². The van der Waals surface area contributed by atoms with Gasteiger partial charge in [-0.2, -0.15) is 0 Å². The molecular weight excluding hydrogens is 308 g/mol. The lowest BCUT2D eigenvalue weighted by atomic mass is 9.76. The van der Waals surface area contributed by atoms with Crippen LogP contribution < -0.4 is 4.74 Å². The van der Waals surface area contributed by atoms with Gasteiger partial charge in [0.25, 0.3) is 0 Å². The Balaban J connectivity index is 2.05. The summed E-state index contributed by atoms with van der Waals surface area (Å²) >= 11 is 0. The molecule has 2 atom stereocenters. The number of methoxy groups -OCH3 is 2. The van der Waals surface area contributed by atoms with E-state index in [0.29, 0.717) is 37.4 Å². The SMILES string of the molecule is COCCOC12C=CC(O)=C(c3ccccc3OC)C1C(=O)CC2. The number of ketones is 1. The van der Waals surface area contributed by atoms with Gasteiger partial charge in [0.05, 0.1) is 26.2 Å². The molecule has 0 heterocycles. The first-order valence-corrected chi connectivity index (χ1v) is 8.04. The molecule has 0 aromatic heterocycles. The van der Waals surface area contributed by atoms with E-state index in [9.17, 15) is 9.90 Å². The number of hydrogen-bond acceptors (Lipinski definition) is 5. The Kier molecular flexibility index (Phi) is 4.73. The van der Waals surface area contributed by atoms with E-state index in [4.69, 9.17) is 14.2 Å². The van der Waals surface area contributed by atoms with E-state index in [0.717, 1.165) is 5.56 Å². The van der Waals surface area contributed by atoms with Gasteiger partial charge in [-0.15, -0.1) is 0 Å². The predicted molar refractivity (Wildman–Crippen MR) is 90.0 cm³/mol. The van der Waals surface area contributed by atoms with Crippen molar-refractivity contribution in [2.24, 2.45) is 5.92 Å². The van der Waals surface area contributed by atoms with Gasteiger partial charge in [-0.3, -0.25) is 4.79 Å². The summed E-state index contributed by atoms with van der Waals surface area (Å²) in [6.07, 6.45) is 4.46. The number of hydrogen-bond donors (Lipinski definition) is 1. The molecule has 0 aliphatic heterocycles. The maximum absolute atomic E-state index is 12.6. The van der Waals surface area contributed by atoms with Crippen molar-refractivity contribution in [1.82, 2.24) is 0 Å². The number of Topliss-reactive ketones (excluding diaryl/α,β-unsaturated/α-hetero) is 1. The van der Waals surface area contributed by atoms with Crippen molar-refractivity contribution in [2.75, 3.05) is 27.4 Å². The average molecular weight is 330 g/mol. The highest BCUT2D eigenvalue weighted by Gasteiger charge is 2.52. The summed E-state index contributed by atoms with van der Waals surface area (Å²) < 4.78 is 16.5. The molecule has 128 valence electrons. The van der Waals surface area contributed by atoms with Gasteiger partial charge in [-0.25, -0.2) is 0 Å². The van der Waals surface area contributed by atoms with E-state index in [1.54, 1.807) is 20.3 Å². The first kappa shape index (κ1) is 16.7. The standard InChI is InChI=1S/C19H22O5/c1-22-11-12-24-19-9-7-14(20)17(18(19)15(21)8-10-19)13-5-3-4-6-16(13)23-2/h3-7,9,18,20H,8,10-12H2,1-2H3. The monoisotopic (exact) mass is 330 g/mol. The second-order valence-corrected chi connectivity index (χ2v) is 6.03. The van der Waals surface area contributed by atoms with Gasteiger partial charge in [0, 0.05) is 24.7 Å². The molecule has 2 unspecified atom stereocenters. The smallest absolute Gasteiger partial charge is 0.143 e. The highest BCUT2D eigenvalue weighted by molar-refractivity contribution is 5.99. The van der Waals surface area contributed by atoms with Crippen LogP contribution in [-0.4, -0.2) is 43.9 Å². The van der Waals surface area contributed by atoms with Crippen LogP contribution in [0.5, 0.6) is 5.75 Å². The van der Waals surface area contributed by atoms with Crippen LogP contribution in [0.15, 0.2) is 42.2 Å². The van der Waals surface area contributed by atoms with Crippen LogP contribution in [0.1, 0.15) is 18.4 Å². The zero-order chi connectivity index (χ0) is 17.2. The van der Waals surface area contributed by atoms with Gasteiger partial charge in [0.15, 0.2) is 0 Å². The molecule has 24 heavy (non-hydrogen) atoms. The summed E-state index contributed by atoms with van der Waals surface area (Å²) in [5, 5.41) is 10.5. The number of aliphatic hydroxyl groups excluding tert-OH is 1. The fourth-order valence-electron chi connectivity index (χ4n) is 3.60. The van der Waals surface area contributed by atoms with E-state index < -0.39 is 11.5 Å². The van der Waals surface area contributed by atoms with Crippen molar-refractivity contribution in [2.45, 2.75) is 18.4 Å². The molecular formula is C19H22O5. The van der Waals surface area contributed by atoms with Gasteiger partial charge in [-0.1, -0.05) is 18.2 Å². The normalized spacial score (nSPS) is 25.9. The highest BCUT2D eigenvalue weighted by Crippen LogP contribution is 2.50. The van der Waals surface area contributed by atoms with Crippen LogP contribution in [0.2, 0.25) is 0 Å². The van der Waals surface area contributed by atoms with Gasteiger partial charge in [-0.05, 0) is 24.6 Å². The Morgan fingerprint density at radius 2 is 2.04 bits per heavy atom. The largest absolute Gasteiger partial charge is 0.508 e. The molecule has 0 radical (unpaired) electrons. The van der Waals surface area contributed by atoms with Crippen molar-refractivity contribution in [3.63, 3.8) is 0 Å². The molecule has 1 aromatic carbocycles. The Morgan fingerprint density at radius 1 is 1.25 bits per heavy atom. The van der Waals surface area contributed by atoms with Crippen molar-refractivity contribution in [1.29, 1.82) is 0 Å². The van der Waals surface area contributed by atoms with Crippen molar-refractivity contribution < 1.29 is 24.1 Å². The molecule has 5 nitrogen and oxygen atoms in total. The molecule has 1 N–H and O–H groups in total. The van der Waals surface area contributed by atoms with Crippen LogP contribution in [-0.2, 0) is 14.3 Å². The molecule has 0 bridgehead atoms. The summed E-state index contributed by atoms with van der Waals surface area (Å²) in [4.78, 5) is 12.6. The van der Waals surface area contributed by atoms with Crippen LogP contribution in [0.3, 0.4) is 0 Å². The van der Waals surface area contributed by atoms with Crippen LogP contribution in [0, 0.1) is 5.92 Å². The third-order valence-corrected chi connectivity index (χ3v) is 4.72. The lowest BCUT2D eigenvalue weighted by Gasteiger charge is -2.36. The van der Waals surface area contributed by atoms with Gasteiger partial charge < -0.3 is 19.3 Å². The summed E-state index contributed by atoms with van der Waals surface area (Å²) in [6.45, 7) is 0.848. The fourth-order valence-corrected chi connectivity index (χ4v) is 3.60. The zero-order valence-electron chi connectivity index (χ0n) is 14.0. The third-order valence-electron chi connectivity index (χ3n) is 4.72. The molecule has 3 rings (SSSR count). The van der Waals surface area contributed by atoms with Crippen LogP contribution in [0.4, 0.5) is 0 Å². The summed E-state index contributed by atoms with van der Waals surface area (Å²) in [7, 11) is 3.19. The minimum absolute atomic E-state index is 0.0734. The quantitative estimate of drug-likeness (QED) is 0.813. The minimum atomic E-state index is -0.724. The lowest BCUT2D eigenvalue weighted by molar-refractivity contribution is -0.123. The van der Waals surface area contributed by atoms with Crippen molar-refractivity contribution in [3.05, 3.63) is 47.7 Å². The van der Waals surface area contributed by atoms with Gasteiger partial charge in [0.1, 0.15) is 22.9 Å². The summed E-state index contributed by atoms with van der Waals surface area (Å²) in [5.74, 6) is 0.255. The first-order chi connectivity index (χ1) is 11.6. The molecule has 5 heteroatoms. The Bertz CT molecular complexity index is 691. The van der Waals surface area contributed by atoms with Crippen molar-refractivity contribution >= 4 is 11.4 Å². The Hall–Kier alpha value is -2.11. The number of rotatable bonds is 6. The number of ether oxygens (including phenoxy) is 3. The van der Waals surface area contributed by atoms with Crippen molar-refractivity contribution in [3.8, 4) is 5.75 Å². The topological polar surface area (TPSA) is 65.0 Å². The second kappa shape index (κ2) is 6.79. The third kappa shape index (κ3) is 2.74. The average Bonchev–Trinajstić information content (AvgIpc) is 2.93. The van der Waals surface area contributed by atoms with Crippen LogP contribution in [0.25, 0.3) is 5.57 Å². The maximum atomic E-state index is 12.6. The maximum Gasteiger partial charge on any atom is 0.143 e. The minimum Gasteiger partial charge on any atom is -0.508 e. The van der Waals surface area contributed by atoms with Gasteiger partial charge in [0.2, 0.25) is 0 Å². The van der Waals surface area contributed by atoms with E-state index >= 15 is 0 Å². The van der Waals surface area contributed by atoms with E-state index in [-0.39, 0.29) is 11.5 Å². The number of carbonyl (C=O) groups excluding carboxylic acids is 1. The number of aliphatic hydroxyl groups is 1. The lowest BCUT2D eigenvalue weighted by Crippen LogP contribution is -2.40. The first-order valence-electron chi connectivity index (χ1n) is 8.04. The van der Waals surface area contributed by atoms with E-state index in [1.165, 1.54) is 0 Å². The predicted octanol–water partition coefficient (Wildman–Crippen LogP) is 2.92. The van der Waals surface area contributed by atoms with E-state index in [2.05, 4.69) is 0 Å². The zero-order valence-corrected chi connectivity index (χ0v) is 14.0. The number of benzene rings is 1. The molecule has 0 amide bonds.